The van der Waals surface area contributed by atoms with E-state index in [1.807, 2.05) is 0 Å². The number of aryl methyl sites for hydroxylation is 1. The van der Waals surface area contributed by atoms with Gasteiger partial charge < -0.3 is 10.1 Å². The van der Waals surface area contributed by atoms with Crippen molar-refractivity contribution in [2.45, 2.75) is 82.5 Å². The molecule has 0 spiro atoms. The average Bonchev–Trinajstić information content (AvgIpc) is 2.64. The Bertz CT molecular complexity index is 544. The summed E-state index contributed by atoms with van der Waals surface area (Å²) in [6.45, 7) is 4.50. The minimum absolute atomic E-state index is 0.362. The lowest BCUT2D eigenvalue weighted by molar-refractivity contribution is -0.0218. The van der Waals surface area contributed by atoms with Crippen LogP contribution < -0.4 is 10.1 Å². The van der Waals surface area contributed by atoms with Crippen molar-refractivity contribution in [3.8, 4) is 5.75 Å². The molecule has 3 heteroatoms. The summed E-state index contributed by atoms with van der Waals surface area (Å²) in [5.41, 5.74) is 1.26. The van der Waals surface area contributed by atoms with E-state index in [4.69, 9.17) is 4.74 Å². The number of hydrogen-bond donors (Lipinski definition) is 1. The van der Waals surface area contributed by atoms with E-state index in [0.717, 1.165) is 18.3 Å². The maximum absolute atomic E-state index is 6.57. The summed E-state index contributed by atoms with van der Waals surface area (Å²) >= 11 is 0. The van der Waals surface area contributed by atoms with Gasteiger partial charge in [-0.3, -0.25) is 4.90 Å². The average molecular weight is 329 g/mol. The van der Waals surface area contributed by atoms with E-state index in [-0.39, 0.29) is 0 Å². The van der Waals surface area contributed by atoms with Gasteiger partial charge in [0.25, 0.3) is 0 Å². The summed E-state index contributed by atoms with van der Waals surface area (Å²) in [4.78, 5) is 2.84. The van der Waals surface area contributed by atoms with Crippen molar-refractivity contribution in [2.24, 2.45) is 0 Å². The first-order valence-corrected chi connectivity index (χ1v) is 10.0. The topological polar surface area (TPSA) is 24.5 Å². The first-order chi connectivity index (χ1) is 11.8. The van der Waals surface area contributed by atoms with Gasteiger partial charge in [-0.1, -0.05) is 37.5 Å². The van der Waals surface area contributed by atoms with Gasteiger partial charge in [0.05, 0.1) is 0 Å². The Labute approximate surface area is 146 Å². The summed E-state index contributed by atoms with van der Waals surface area (Å²) in [5, 5.41) is 3.78. The molecular weight excluding hydrogens is 296 g/mol. The molecule has 4 rings (SSSR count). The molecule has 1 aliphatic heterocycles. The molecule has 1 aromatic rings. The van der Waals surface area contributed by atoms with E-state index in [2.05, 4.69) is 41.4 Å². The van der Waals surface area contributed by atoms with E-state index >= 15 is 0 Å². The molecule has 0 amide bonds. The standard InChI is InChI=1S/C21H32N2O/c1-16-8-2-6-12-20(16)24-21-13-7-5-11-19(21)23-15-14-22-17-9-3-4-10-18(17)23/h2,6,8,12,17-19,21-22H,3-5,7,9-11,13-15H2,1H3/t17-,18-,19-,21+/m0/s1. The second kappa shape index (κ2) is 7.45. The molecule has 3 fully saturated rings. The first-order valence-electron chi connectivity index (χ1n) is 10.0. The molecule has 1 heterocycles. The van der Waals surface area contributed by atoms with Crippen LogP contribution in [-0.2, 0) is 0 Å². The number of fused-ring (bicyclic) bond motifs is 1. The van der Waals surface area contributed by atoms with Crippen molar-refractivity contribution in [3.05, 3.63) is 29.8 Å². The number of para-hydroxylation sites is 1. The fourth-order valence-electron chi connectivity index (χ4n) is 5.15. The van der Waals surface area contributed by atoms with Crippen LogP contribution in [0.25, 0.3) is 0 Å². The van der Waals surface area contributed by atoms with Gasteiger partial charge in [-0.15, -0.1) is 0 Å². The number of ether oxygens (including phenoxy) is 1. The molecule has 0 bridgehead atoms. The van der Waals surface area contributed by atoms with Crippen LogP contribution in [0.3, 0.4) is 0 Å². The molecule has 132 valence electrons. The van der Waals surface area contributed by atoms with Gasteiger partial charge in [0.1, 0.15) is 11.9 Å². The monoisotopic (exact) mass is 328 g/mol. The van der Waals surface area contributed by atoms with Gasteiger partial charge >= 0.3 is 0 Å². The lowest BCUT2D eigenvalue weighted by atomic mass is 9.83. The highest BCUT2D eigenvalue weighted by Crippen LogP contribution is 2.34. The van der Waals surface area contributed by atoms with Gasteiger partial charge in [-0.25, -0.2) is 0 Å². The van der Waals surface area contributed by atoms with Crippen LogP contribution >= 0.6 is 0 Å². The third kappa shape index (κ3) is 3.34. The smallest absolute Gasteiger partial charge is 0.122 e. The second-order valence-corrected chi connectivity index (χ2v) is 7.92. The number of rotatable bonds is 3. The molecule has 1 saturated heterocycles. The van der Waals surface area contributed by atoms with Crippen LogP contribution in [0.5, 0.6) is 5.75 Å². The summed E-state index contributed by atoms with van der Waals surface area (Å²) < 4.78 is 6.57. The maximum atomic E-state index is 6.57. The predicted molar refractivity (Wildman–Crippen MR) is 98.6 cm³/mol. The summed E-state index contributed by atoms with van der Waals surface area (Å²) in [5.74, 6) is 1.09. The highest BCUT2D eigenvalue weighted by molar-refractivity contribution is 5.32. The highest BCUT2D eigenvalue weighted by atomic mass is 16.5. The zero-order valence-electron chi connectivity index (χ0n) is 15.0. The van der Waals surface area contributed by atoms with E-state index < -0.39 is 0 Å². The number of benzene rings is 1. The number of hydrogen-bond acceptors (Lipinski definition) is 3. The third-order valence-corrected chi connectivity index (χ3v) is 6.40. The van der Waals surface area contributed by atoms with E-state index in [0.29, 0.717) is 18.2 Å². The molecule has 0 radical (unpaired) electrons. The molecular formula is C21H32N2O. The van der Waals surface area contributed by atoms with Crippen molar-refractivity contribution in [1.82, 2.24) is 10.2 Å². The fourth-order valence-corrected chi connectivity index (χ4v) is 5.15. The lowest BCUT2D eigenvalue weighted by Crippen LogP contribution is -2.64. The van der Waals surface area contributed by atoms with Crippen molar-refractivity contribution >= 4 is 0 Å². The Morgan fingerprint density at radius 2 is 1.71 bits per heavy atom. The summed E-state index contributed by atoms with van der Waals surface area (Å²) in [6, 6.07) is 10.6. The molecule has 2 aliphatic carbocycles. The van der Waals surface area contributed by atoms with Gasteiger partial charge in [0.15, 0.2) is 0 Å². The third-order valence-electron chi connectivity index (χ3n) is 6.40. The predicted octanol–water partition coefficient (Wildman–Crippen LogP) is 3.90. The molecule has 0 unspecified atom stereocenters. The minimum atomic E-state index is 0.362. The normalized spacial score (nSPS) is 34.5. The number of nitrogens with one attached hydrogen (secondary N) is 1. The largest absolute Gasteiger partial charge is 0.489 e. The molecule has 2 saturated carbocycles. The quantitative estimate of drug-likeness (QED) is 0.911. The fraction of sp³-hybridized carbons (Fsp3) is 0.714. The highest BCUT2D eigenvalue weighted by Gasteiger charge is 2.40. The van der Waals surface area contributed by atoms with E-state index in [1.165, 1.54) is 63.5 Å². The maximum Gasteiger partial charge on any atom is 0.122 e. The van der Waals surface area contributed by atoms with Crippen molar-refractivity contribution in [2.75, 3.05) is 13.1 Å². The molecule has 4 atom stereocenters. The zero-order chi connectivity index (χ0) is 16.4. The van der Waals surface area contributed by atoms with Crippen molar-refractivity contribution in [1.29, 1.82) is 0 Å². The van der Waals surface area contributed by atoms with Crippen LogP contribution in [0, 0.1) is 6.92 Å². The number of nitrogens with zero attached hydrogens (tertiary/aromatic N) is 1. The van der Waals surface area contributed by atoms with Crippen LogP contribution in [0.1, 0.15) is 56.9 Å². The molecule has 0 aromatic heterocycles. The molecule has 1 aromatic carbocycles. The minimum Gasteiger partial charge on any atom is -0.489 e. The van der Waals surface area contributed by atoms with Crippen LogP contribution in [0.2, 0.25) is 0 Å². The second-order valence-electron chi connectivity index (χ2n) is 7.92. The Morgan fingerprint density at radius 1 is 0.958 bits per heavy atom. The number of piperazine rings is 1. The lowest BCUT2D eigenvalue weighted by Gasteiger charge is -2.50. The van der Waals surface area contributed by atoms with Gasteiger partial charge in [-0.2, -0.15) is 0 Å². The van der Waals surface area contributed by atoms with Crippen LogP contribution in [0.15, 0.2) is 24.3 Å². The Hall–Kier alpha value is -1.06. The van der Waals surface area contributed by atoms with Crippen LogP contribution in [-0.4, -0.2) is 42.2 Å². The molecule has 24 heavy (non-hydrogen) atoms. The van der Waals surface area contributed by atoms with Gasteiger partial charge in [0.2, 0.25) is 0 Å². The Balaban J connectivity index is 1.52. The zero-order valence-corrected chi connectivity index (χ0v) is 15.0. The van der Waals surface area contributed by atoms with E-state index in [1.54, 1.807) is 0 Å². The summed E-state index contributed by atoms with van der Waals surface area (Å²) in [6.07, 6.45) is 11.1. The molecule has 1 N–H and O–H groups in total. The SMILES string of the molecule is Cc1ccccc1O[C@@H]1CCCC[C@@H]1N1CCN[C@H]2CCCC[C@@H]21. The molecule has 3 aliphatic rings. The van der Waals surface area contributed by atoms with Crippen molar-refractivity contribution < 1.29 is 4.74 Å². The first kappa shape index (κ1) is 16.4. The van der Waals surface area contributed by atoms with Gasteiger partial charge in [-0.05, 0) is 50.7 Å². The summed E-state index contributed by atoms with van der Waals surface area (Å²) in [7, 11) is 0. The Morgan fingerprint density at radius 3 is 2.58 bits per heavy atom. The van der Waals surface area contributed by atoms with Gasteiger partial charge in [0, 0.05) is 31.2 Å². The molecule has 3 nitrogen and oxygen atoms in total. The van der Waals surface area contributed by atoms with Crippen molar-refractivity contribution in [3.63, 3.8) is 0 Å². The van der Waals surface area contributed by atoms with E-state index in [9.17, 15) is 0 Å². The van der Waals surface area contributed by atoms with Crippen LogP contribution in [0.4, 0.5) is 0 Å². The Kier molecular flexibility index (Phi) is 5.09.